The highest BCUT2D eigenvalue weighted by molar-refractivity contribution is 14.1. The molecule has 0 spiro atoms. The van der Waals surface area contributed by atoms with E-state index in [1.54, 1.807) is 11.3 Å². The highest BCUT2D eigenvalue weighted by Gasteiger charge is 2.13. The van der Waals surface area contributed by atoms with Crippen molar-refractivity contribution in [3.8, 4) is 0 Å². The summed E-state index contributed by atoms with van der Waals surface area (Å²) in [6, 6.07) is 16.7. The molecule has 1 heterocycles. The number of thiazole rings is 1. The van der Waals surface area contributed by atoms with Crippen LogP contribution >= 0.6 is 33.9 Å². The van der Waals surface area contributed by atoms with Crippen molar-refractivity contribution in [3.63, 3.8) is 0 Å². The van der Waals surface area contributed by atoms with E-state index >= 15 is 0 Å². The van der Waals surface area contributed by atoms with E-state index in [1.807, 2.05) is 18.2 Å². The van der Waals surface area contributed by atoms with Crippen LogP contribution in [0.2, 0.25) is 0 Å². The number of nitrogens with two attached hydrogens (primary N) is 1. The lowest BCUT2D eigenvalue weighted by Crippen LogP contribution is -2.29. The van der Waals surface area contributed by atoms with Crippen LogP contribution in [0.3, 0.4) is 0 Å². The van der Waals surface area contributed by atoms with Gasteiger partial charge in [-0.05, 0) is 52.4 Å². The number of fused-ring (bicyclic) bond motifs is 1. The zero-order valence-corrected chi connectivity index (χ0v) is 13.7. The van der Waals surface area contributed by atoms with Gasteiger partial charge in [-0.15, -0.1) is 11.3 Å². The molecule has 0 amide bonds. The third-order valence-corrected chi connectivity index (χ3v) is 4.97. The van der Waals surface area contributed by atoms with Gasteiger partial charge >= 0.3 is 0 Å². The second kappa shape index (κ2) is 6.17. The maximum Gasteiger partial charge on any atom is 0.0958 e. The quantitative estimate of drug-likeness (QED) is 0.403. The Morgan fingerprint density at radius 2 is 1.90 bits per heavy atom. The first-order valence-electron chi connectivity index (χ1n) is 6.32. The summed E-state index contributed by atoms with van der Waals surface area (Å²) in [6.07, 6.45) is 0.802. The molecule has 0 aliphatic rings. The van der Waals surface area contributed by atoms with Gasteiger partial charge in [-0.3, -0.25) is 11.3 Å². The summed E-state index contributed by atoms with van der Waals surface area (Å²) < 4.78 is 2.45. The number of halogens is 1. The maximum atomic E-state index is 5.71. The standard InChI is InChI=1S/C15H14IN3S/c16-11-7-5-10(6-8-11)13(19-17)9-15-18-12-3-1-2-4-14(12)20-15/h1-8,13,19H,9,17H2. The second-order valence-corrected chi connectivity index (χ2v) is 6.91. The number of nitrogens with one attached hydrogen (secondary N) is 1. The molecule has 3 N–H and O–H groups in total. The predicted octanol–water partition coefficient (Wildman–Crippen LogP) is 3.65. The smallest absolute Gasteiger partial charge is 0.0958 e. The highest BCUT2D eigenvalue weighted by Crippen LogP contribution is 2.26. The van der Waals surface area contributed by atoms with E-state index in [-0.39, 0.29) is 6.04 Å². The molecule has 5 heteroatoms. The molecule has 0 saturated carbocycles. The van der Waals surface area contributed by atoms with Crippen molar-refractivity contribution in [1.29, 1.82) is 0 Å². The van der Waals surface area contributed by atoms with E-state index in [2.05, 4.69) is 63.3 Å². The van der Waals surface area contributed by atoms with Crippen LogP contribution in [-0.4, -0.2) is 4.98 Å². The van der Waals surface area contributed by atoms with Crippen LogP contribution in [0.15, 0.2) is 48.5 Å². The van der Waals surface area contributed by atoms with E-state index in [4.69, 9.17) is 5.84 Å². The maximum absolute atomic E-state index is 5.71. The Morgan fingerprint density at radius 3 is 2.60 bits per heavy atom. The molecule has 0 aliphatic carbocycles. The molecular weight excluding hydrogens is 381 g/mol. The Kier molecular flexibility index (Phi) is 4.30. The lowest BCUT2D eigenvalue weighted by Gasteiger charge is -2.14. The molecule has 0 radical (unpaired) electrons. The molecule has 0 saturated heterocycles. The van der Waals surface area contributed by atoms with E-state index in [9.17, 15) is 0 Å². The molecule has 3 rings (SSSR count). The van der Waals surface area contributed by atoms with Crippen LogP contribution in [0, 0.1) is 3.57 Å². The molecule has 1 atom stereocenters. The van der Waals surface area contributed by atoms with Crippen LogP contribution in [-0.2, 0) is 6.42 Å². The first-order chi connectivity index (χ1) is 9.76. The summed E-state index contributed by atoms with van der Waals surface area (Å²) in [4.78, 5) is 4.67. The van der Waals surface area contributed by atoms with Gasteiger partial charge in [0.15, 0.2) is 0 Å². The monoisotopic (exact) mass is 395 g/mol. The number of nitrogens with zero attached hydrogens (tertiary/aromatic N) is 1. The summed E-state index contributed by atoms with van der Waals surface area (Å²) in [7, 11) is 0. The fraction of sp³-hybridized carbons (Fsp3) is 0.133. The van der Waals surface area contributed by atoms with Gasteiger partial charge < -0.3 is 0 Å². The van der Waals surface area contributed by atoms with Crippen LogP contribution in [0.1, 0.15) is 16.6 Å². The summed E-state index contributed by atoms with van der Waals surface area (Å²) in [6.45, 7) is 0. The number of rotatable bonds is 4. The number of hydrogen-bond acceptors (Lipinski definition) is 4. The summed E-state index contributed by atoms with van der Waals surface area (Å²) in [5.41, 5.74) is 5.14. The van der Waals surface area contributed by atoms with Crippen LogP contribution in [0.25, 0.3) is 10.2 Å². The molecule has 20 heavy (non-hydrogen) atoms. The number of hydrazine groups is 1. The summed E-state index contributed by atoms with van der Waals surface area (Å²) in [5, 5.41) is 1.10. The topological polar surface area (TPSA) is 50.9 Å². The molecule has 0 bridgehead atoms. The van der Waals surface area contributed by atoms with Gasteiger partial charge in [0.25, 0.3) is 0 Å². The third kappa shape index (κ3) is 3.01. The van der Waals surface area contributed by atoms with Gasteiger partial charge in [-0.1, -0.05) is 24.3 Å². The first kappa shape index (κ1) is 13.9. The minimum Gasteiger partial charge on any atom is -0.271 e. The summed E-state index contributed by atoms with van der Waals surface area (Å²) in [5.74, 6) is 5.71. The van der Waals surface area contributed by atoms with Crippen molar-refractivity contribution < 1.29 is 0 Å². The SMILES string of the molecule is NNC(Cc1nc2ccccc2s1)c1ccc(I)cc1. The molecule has 102 valence electrons. The van der Waals surface area contributed by atoms with E-state index in [0.717, 1.165) is 16.9 Å². The van der Waals surface area contributed by atoms with Crippen molar-refractivity contribution >= 4 is 44.1 Å². The first-order valence-corrected chi connectivity index (χ1v) is 8.22. The number of benzene rings is 2. The number of para-hydroxylation sites is 1. The van der Waals surface area contributed by atoms with Gasteiger partial charge in [0.1, 0.15) is 0 Å². The van der Waals surface area contributed by atoms with Crippen molar-refractivity contribution in [1.82, 2.24) is 10.4 Å². The lowest BCUT2D eigenvalue weighted by atomic mass is 10.1. The minimum atomic E-state index is 0.0903. The number of aromatic nitrogens is 1. The molecule has 1 aromatic heterocycles. The lowest BCUT2D eigenvalue weighted by molar-refractivity contribution is 0.551. The van der Waals surface area contributed by atoms with E-state index < -0.39 is 0 Å². The second-order valence-electron chi connectivity index (χ2n) is 4.55. The molecule has 0 fully saturated rings. The van der Waals surface area contributed by atoms with Crippen molar-refractivity contribution in [2.24, 2.45) is 5.84 Å². The van der Waals surface area contributed by atoms with Gasteiger partial charge in [-0.2, -0.15) is 0 Å². The van der Waals surface area contributed by atoms with Gasteiger partial charge in [0, 0.05) is 9.99 Å². The zero-order chi connectivity index (χ0) is 13.9. The van der Waals surface area contributed by atoms with Gasteiger partial charge in [0.05, 0.1) is 21.3 Å². The van der Waals surface area contributed by atoms with Crippen LogP contribution < -0.4 is 11.3 Å². The average Bonchev–Trinajstić information content (AvgIpc) is 2.88. The largest absolute Gasteiger partial charge is 0.271 e. The Morgan fingerprint density at radius 1 is 1.15 bits per heavy atom. The molecule has 1 unspecified atom stereocenters. The Bertz CT molecular complexity index is 675. The Labute approximate surface area is 135 Å². The Hall–Kier alpha value is -1.02. The third-order valence-electron chi connectivity index (χ3n) is 3.19. The molecule has 2 aromatic carbocycles. The van der Waals surface area contributed by atoms with Crippen molar-refractivity contribution in [2.45, 2.75) is 12.5 Å². The highest BCUT2D eigenvalue weighted by atomic mass is 127. The Balaban J connectivity index is 1.85. The molecule has 0 aliphatic heterocycles. The van der Waals surface area contributed by atoms with Crippen LogP contribution in [0.5, 0.6) is 0 Å². The molecular formula is C15H14IN3S. The minimum absolute atomic E-state index is 0.0903. The number of hydrogen-bond donors (Lipinski definition) is 2. The average molecular weight is 395 g/mol. The van der Waals surface area contributed by atoms with Gasteiger partial charge in [0.2, 0.25) is 0 Å². The van der Waals surface area contributed by atoms with E-state index in [0.29, 0.717) is 0 Å². The van der Waals surface area contributed by atoms with Crippen molar-refractivity contribution in [2.75, 3.05) is 0 Å². The van der Waals surface area contributed by atoms with Crippen LogP contribution in [0.4, 0.5) is 0 Å². The fourth-order valence-electron chi connectivity index (χ4n) is 2.15. The molecule has 3 nitrogen and oxygen atoms in total. The van der Waals surface area contributed by atoms with E-state index in [1.165, 1.54) is 13.8 Å². The fourth-order valence-corrected chi connectivity index (χ4v) is 3.52. The normalized spacial score (nSPS) is 12.7. The molecule has 3 aromatic rings. The van der Waals surface area contributed by atoms with Gasteiger partial charge in [-0.25, -0.2) is 4.98 Å². The predicted molar refractivity (Wildman–Crippen MR) is 92.5 cm³/mol. The summed E-state index contributed by atoms with van der Waals surface area (Å²) >= 11 is 4.03. The van der Waals surface area contributed by atoms with Crippen molar-refractivity contribution in [3.05, 3.63) is 62.7 Å². The zero-order valence-electron chi connectivity index (χ0n) is 10.7.